The lowest BCUT2D eigenvalue weighted by Crippen LogP contribution is -2.19. The summed E-state index contributed by atoms with van der Waals surface area (Å²) in [6.45, 7) is 1.67. The highest BCUT2D eigenvalue weighted by Gasteiger charge is 2.31. The SMILES string of the molecule is Cc1cc(C(C(=O)O)c2ccc([N+](=O)[O-])cc2F)n(C)c1C(=O)c1ccccc1. The molecule has 1 atom stereocenters. The number of carbonyl (C=O) groups excluding carboxylic acids is 1. The Morgan fingerprint density at radius 1 is 1.14 bits per heavy atom. The fourth-order valence-electron chi connectivity index (χ4n) is 3.40. The Balaban J connectivity index is 2.12. The van der Waals surface area contributed by atoms with Crippen LogP contribution in [0.2, 0.25) is 0 Å². The minimum Gasteiger partial charge on any atom is -0.480 e. The predicted molar refractivity (Wildman–Crippen MR) is 103 cm³/mol. The van der Waals surface area contributed by atoms with E-state index in [1.54, 1.807) is 37.3 Å². The maximum Gasteiger partial charge on any atom is 0.317 e. The summed E-state index contributed by atoms with van der Waals surface area (Å²) in [6.07, 6.45) is 0. The number of hydrogen-bond donors (Lipinski definition) is 1. The normalized spacial score (nSPS) is 11.8. The van der Waals surface area contributed by atoms with Crippen molar-refractivity contribution in [1.29, 1.82) is 0 Å². The van der Waals surface area contributed by atoms with E-state index in [9.17, 15) is 29.2 Å². The highest BCUT2D eigenvalue weighted by molar-refractivity contribution is 6.09. The summed E-state index contributed by atoms with van der Waals surface area (Å²) in [7, 11) is 1.54. The van der Waals surface area contributed by atoms with Crippen LogP contribution in [0.5, 0.6) is 0 Å². The molecule has 8 heteroatoms. The highest BCUT2D eigenvalue weighted by Crippen LogP contribution is 2.32. The molecule has 0 aliphatic carbocycles. The molecule has 7 nitrogen and oxygen atoms in total. The molecule has 0 spiro atoms. The first kappa shape index (κ1) is 19.9. The van der Waals surface area contributed by atoms with Gasteiger partial charge in [-0.3, -0.25) is 19.7 Å². The average Bonchev–Trinajstić information content (AvgIpc) is 2.97. The average molecular weight is 396 g/mol. The van der Waals surface area contributed by atoms with Crippen molar-refractivity contribution in [3.63, 3.8) is 0 Å². The van der Waals surface area contributed by atoms with Crippen molar-refractivity contribution in [3.05, 3.63) is 98.6 Å². The molecule has 3 rings (SSSR count). The van der Waals surface area contributed by atoms with Crippen LogP contribution in [0.15, 0.2) is 54.6 Å². The van der Waals surface area contributed by atoms with Crippen LogP contribution < -0.4 is 0 Å². The van der Waals surface area contributed by atoms with Crippen LogP contribution in [0.4, 0.5) is 10.1 Å². The second-order valence-corrected chi connectivity index (χ2v) is 6.59. The number of hydrogen-bond acceptors (Lipinski definition) is 4. The molecule has 0 saturated carbocycles. The number of aliphatic carboxylic acids is 1. The number of rotatable bonds is 6. The standard InChI is InChI=1S/C21H17FN2O5/c1-12-10-17(23(2)19(12)20(25)13-6-4-3-5-7-13)18(21(26)27)15-9-8-14(24(28)29)11-16(15)22/h3-11,18H,1-2H3,(H,26,27). The zero-order valence-electron chi connectivity index (χ0n) is 15.6. The molecular weight excluding hydrogens is 379 g/mol. The number of aryl methyl sites for hydroxylation is 1. The van der Waals surface area contributed by atoms with Crippen molar-refractivity contribution in [2.24, 2.45) is 7.05 Å². The fraction of sp³-hybridized carbons (Fsp3) is 0.143. The number of ketones is 1. The molecule has 0 fully saturated rings. The van der Waals surface area contributed by atoms with Crippen molar-refractivity contribution >= 4 is 17.4 Å². The third-order valence-corrected chi connectivity index (χ3v) is 4.76. The third-order valence-electron chi connectivity index (χ3n) is 4.76. The molecular formula is C21H17FN2O5. The molecule has 0 aliphatic rings. The number of nitrogens with zero attached hydrogens (tertiary/aromatic N) is 2. The van der Waals surface area contributed by atoms with Gasteiger partial charge in [0.05, 0.1) is 16.7 Å². The van der Waals surface area contributed by atoms with Crippen LogP contribution in [-0.4, -0.2) is 26.3 Å². The monoisotopic (exact) mass is 396 g/mol. The molecule has 2 aromatic carbocycles. The van der Waals surface area contributed by atoms with Gasteiger partial charge in [0, 0.05) is 29.9 Å². The van der Waals surface area contributed by atoms with Gasteiger partial charge in [-0.05, 0) is 24.6 Å². The molecule has 1 unspecified atom stereocenters. The van der Waals surface area contributed by atoms with Crippen molar-refractivity contribution in [1.82, 2.24) is 4.57 Å². The summed E-state index contributed by atoms with van der Waals surface area (Å²) in [6, 6.07) is 12.9. The predicted octanol–water partition coefficient (Wildman–Crippen LogP) is 3.83. The van der Waals surface area contributed by atoms with E-state index in [1.807, 2.05) is 0 Å². The summed E-state index contributed by atoms with van der Waals surface area (Å²) < 4.78 is 16.0. The van der Waals surface area contributed by atoms with Crippen molar-refractivity contribution in [2.45, 2.75) is 12.8 Å². The Hall–Kier alpha value is -3.81. The van der Waals surface area contributed by atoms with Gasteiger partial charge in [-0.2, -0.15) is 0 Å². The van der Waals surface area contributed by atoms with E-state index in [-0.39, 0.29) is 17.0 Å². The number of aromatic nitrogens is 1. The molecule has 0 radical (unpaired) electrons. The van der Waals surface area contributed by atoms with E-state index in [0.717, 1.165) is 12.1 Å². The van der Waals surface area contributed by atoms with Gasteiger partial charge < -0.3 is 9.67 Å². The second kappa shape index (κ2) is 7.67. The van der Waals surface area contributed by atoms with Gasteiger partial charge in [-0.15, -0.1) is 0 Å². The van der Waals surface area contributed by atoms with Gasteiger partial charge in [-0.25, -0.2) is 4.39 Å². The van der Waals surface area contributed by atoms with Crippen LogP contribution in [0, 0.1) is 22.9 Å². The first-order valence-electron chi connectivity index (χ1n) is 8.65. The van der Waals surface area contributed by atoms with Gasteiger partial charge in [0.2, 0.25) is 5.78 Å². The Labute approximate surface area is 165 Å². The van der Waals surface area contributed by atoms with Crippen LogP contribution in [0.25, 0.3) is 0 Å². The van der Waals surface area contributed by atoms with E-state index in [4.69, 9.17) is 0 Å². The van der Waals surface area contributed by atoms with Crippen LogP contribution in [-0.2, 0) is 11.8 Å². The maximum atomic E-state index is 14.5. The van der Waals surface area contributed by atoms with Crippen LogP contribution >= 0.6 is 0 Å². The molecule has 29 heavy (non-hydrogen) atoms. The van der Waals surface area contributed by atoms with Crippen molar-refractivity contribution < 1.29 is 24.0 Å². The van der Waals surface area contributed by atoms with E-state index in [0.29, 0.717) is 22.9 Å². The molecule has 1 N–H and O–H groups in total. The van der Waals surface area contributed by atoms with E-state index < -0.39 is 28.3 Å². The zero-order valence-corrected chi connectivity index (χ0v) is 15.6. The summed E-state index contributed by atoms with van der Waals surface area (Å²) in [5.74, 6) is -4.06. The number of carboxylic acids is 1. The van der Waals surface area contributed by atoms with Gasteiger partial charge in [0.25, 0.3) is 5.69 Å². The summed E-state index contributed by atoms with van der Waals surface area (Å²) in [4.78, 5) is 35.0. The molecule has 0 amide bonds. The Morgan fingerprint density at radius 3 is 2.34 bits per heavy atom. The lowest BCUT2D eigenvalue weighted by Gasteiger charge is -2.16. The molecule has 3 aromatic rings. The fourth-order valence-corrected chi connectivity index (χ4v) is 3.40. The quantitative estimate of drug-likeness (QED) is 0.388. The first-order chi connectivity index (χ1) is 13.7. The van der Waals surface area contributed by atoms with Gasteiger partial charge in [0.1, 0.15) is 11.7 Å². The molecule has 148 valence electrons. The first-order valence-corrected chi connectivity index (χ1v) is 8.65. The largest absolute Gasteiger partial charge is 0.480 e. The molecule has 1 heterocycles. The van der Waals surface area contributed by atoms with Crippen LogP contribution in [0.1, 0.15) is 38.8 Å². The van der Waals surface area contributed by atoms with Crippen molar-refractivity contribution in [2.75, 3.05) is 0 Å². The molecule has 1 aromatic heterocycles. The number of benzene rings is 2. The van der Waals surface area contributed by atoms with Crippen molar-refractivity contribution in [3.8, 4) is 0 Å². The van der Waals surface area contributed by atoms with Crippen LogP contribution in [0.3, 0.4) is 0 Å². The Bertz CT molecular complexity index is 1120. The number of carboxylic acid groups (broad SMARTS) is 1. The Morgan fingerprint density at radius 2 is 1.79 bits per heavy atom. The minimum absolute atomic E-state index is 0.196. The maximum absolute atomic E-state index is 14.5. The van der Waals surface area contributed by atoms with Gasteiger partial charge in [-0.1, -0.05) is 30.3 Å². The Kier molecular flexibility index (Phi) is 5.27. The molecule has 0 saturated heterocycles. The van der Waals surface area contributed by atoms with E-state index in [1.165, 1.54) is 17.7 Å². The van der Waals surface area contributed by atoms with Gasteiger partial charge >= 0.3 is 5.97 Å². The van der Waals surface area contributed by atoms with E-state index in [2.05, 4.69) is 0 Å². The number of nitro groups is 1. The smallest absolute Gasteiger partial charge is 0.317 e. The van der Waals surface area contributed by atoms with E-state index >= 15 is 0 Å². The highest BCUT2D eigenvalue weighted by atomic mass is 19.1. The summed E-state index contributed by atoms with van der Waals surface area (Å²) in [5, 5.41) is 20.6. The lowest BCUT2D eigenvalue weighted by molar-refractivity contribution is -0.385. The second-order valence-electron chi connectivity index (χ2n) is 6.59. The lowest BCUT2D eigenvalue weighted by atomic mass is 9.94. The number of non-ortho nitro benzene ring substituents is 1. The molecule has 0 aliphatic heterocycles. The third kappa shape index (κ3) is 3.64. The topological polar surface area (TPSA) is 102 Å². The van der Waals surface area contributed by atoms with Gasteiger partial charge in [0.15, 0.2) is 0 Å². The number of nitro benzene ring substituents is 1. The summed E-state index contributed by atoms with van der Waals surface area (Å²) >= 11 is 0. The minimum atomic E-state index is -1.43. The summed E-state index contributed by atoms with van der Waals surface area (Å²) in [5.41, 5.74) is 0.782. The number of carbonyl (C=O) groups is 2. The zero-order chi connectivity index (χ0) is 21.3. The number of halogens is 1. The molecule has 0 bridgehead atoms.